The van der Waals surface area contributed by atoms with Gasteiger partial charge in [0.25, 0.3) is 0 Å². The predicted molar refractivity (Wildman–Crippen MR) is 73.1 cm³/mol. The van der Waals surface area contributed by atoms with Crippen molar-refractivity contribution in [2.45, 2.75) is 58.0 Å². The van der Waals surface area contributed by atoms with Crippen molar-refractivity contribution in [2.24, 2.45) is 11.7 Å². The van der Waals surface area contributed by atoms with Gasteiger partial charge < -0.3 is 10.5 Å². The van der Waals surface area contributed by atoms with E-state index in [9.17, 15) is 0 Å². The van der Waals surface area contributed by atoms with Crippen LogP contribution < -0.4 is 5.73 Å². The van der Waals surface area contributed by atoms with Crippen molar-refractivity contribution in [1.29, 1.82) is 0 Å². The number of ether oxygens (including phenoxy) is 1. The minimum absolute atomic E-state index is 0.350. The molecule has 1 saturated carbocycles. The SMILES string of the molecule is COCCN(CCCCC(C)N)C(C)C1CC1. The van der Waals surface area contributed by atoms with Gasteiger partial charge in [-0.15, -0.1) is 0 Å². The first kappa shape index (κ1) is 14.9. The Morgan fingerprint density at radius 1 is 1.24 bits per heavy atom. The zero-order valence-electron chi connectivity index (χ0n) is 11.8. The van der Waals surface area contributed by atoms with Gasteiger partial charge in [0.15, 0.2) is 0 Å². The monoisotopic (exact) mass is 242 g/mol. The summed E-state index contributed by atoms with van der Waals surface area (Å²) >= 11 is 0. The first-order valence-electron chi connectivity index (χ1n) is 7.13. The highest BCUT2D eigenvalue weighted by molar-refractivity contribution is 4.85. The van der Waals surface area contributed by atoms with Gasteiger partial charge in [0.2, 0.25) is 0 Å². The van der Waals surface area contributed by atoms with Crippen LogP contribution in [-0.4, -0.2) is 43.8 Å². The van der Waals surface area contributed by atoms with Crippen molar-refractivity contribution in [2.75, 3.05) is 26.8 Å². The Balaban J connectivity index is 2.19. The number of nitrogens with zero attached hydrogens (tertiary/aromatic N) is 1. The van der Waals surface area contributed by atoms with Gasteiger partial charge >= 0.3 is 0 Å². The van der Waals surface area contributed by atoms with Crippen molar-refractivity contribution in [3.63, 3.8) is 0 Å². The zero-order chi connectivity index (χ0) is 12.7. The molecule has 0 bridgehead atoms. The molecule has 2 N–H and O–H groups in total. The van der Waals surface area contributed by atoms with Crippen molar-refractivity contribution >= 4 is 0 Å². The molecule has 0 spiro atoms. The molecule has 102 valence electrons. The van der Waals surface area contributed by atoms with Crippen LogP contribution in [0.4, 0.5) is 0 Å². The summed E-state index contributed by atoms with van der Waals surface area (Å²) in [6.07, 6.45) is 6.51. The molecule has 1 rings (SSSR count). The standard InChI is InChI=1S/C14H30N2O/c1-12(15)6-4-5-9-16(10-11-17-3)13(2)14-7-8-14/h12-14H,4-11,15H2,1-3H3. The molecule has 0 aromatic heterocycles. The van der Waals surface area contributed by atoms with E-state index in [0.717, 1.165) is 31.5 Å². The molecule has 0 aliphatic heterocycles. The average Bonchev–Trinajstić information content (AvgIpc) is 3.10. The molecule has 0 heterocycles. The Morgan fingerprint density at radius 3 is 2.47 bits per heavy atom. The average molecular weight is 242 g/mol. The third-order valence-corrected chi connectivity index (χ3v) is 3.82. The van der Waals surface area contributed by atoms with Gasteiger partial charge in [0.1, 0.15) is 0 Å². The van der Waals surface area contributed by atoms with Crippen LogP contribution in [0.2, 0.25) is 0 Å². The van der Waals surface area contributed by atoms with Crippen LogP contribution in [0.25, 0.3) is 0 Å². The Labute approximate surface area is 107 Å². The van der Waals surface area contributed by atoms with Crippen molar-refractivity contribution in [3.05, 3.63) is 0 Å². The second kappa shape index (κ2) is 8.06. The number of unbranched alkanes of at least 4 members (excludes halogenated alkanes) is 1. The molecule has 1 aliphatic carbocycles. The number of nitrogens with two attached hydrogens (primary N) is 1. The summed E-state index contributed by atoms with van der Waals surface area (Å²) in [5.74, 6) is 0.945. The normalized spacial score (nSPS) is 19.6. The summed E-state index contributed by atoms with van der Waals surface area (Å²) in [4.78, 5) is 2.60. The summed E-state index contributed by atoms with van der Waals surface area (Å²) in [5, 5.41) is 0. The first-order valence-corrected chi connectivity index (χ1v) is 7.13. The van der Waals surface area contributed by atoms with Crippen molar-refractivity contribution < 1.29 is 4.74 Å². The molecule has 0 radical (unpaired) electrons. The predicted octanol–water partition coefficient (Wildman–Crippen LogP) is 2.25. The van der Waals surface area contributed by atoms with Gasteiger partial charge in [-0.1, -0.05) is 6.42 Å². The van der Waals surface area contributed by atoms with E-state index in [1.807, 2.05) is 0 Å². The third kappa shape index (κ3) is 6.39. The molecular weight excluding hydrogens is 212 g/mol. The Kier molecular flexibility index (Phi) is 7.09. The molecule has 3 heteroatoms. The lowest BCUT2D eigenvalue weighted by molar-refractivity contribution is 0.115. The van der Waals surface area contributed by atoms with E-state index in [2.05, 4.69) is 18.7 Å². The summed E-state index contributed by atoms with van der Waals surface area (Å²) in [5.41, 5.74) is 5.77. The molecule has 1 fully saturated rings. The lowest BCUT2D eigenvalue weighted by Gasteiger charge is -2.29. The van der Waals surface area contributed by atoms with Crippen LogP contribution in [0.1, 0.15) is 46.0 Å². The van der Waals surface area contributed by atoms with Crippen LogP contribution in [0.3, 0.4) is 0 Å². The van der Waals surface area contributed by atoms with Gasteiger partial charge in [0.05, 0.1) is 6.61 Å². The highest BCUT2D eigenvalue weighted by Crippen LogP contribution is 2.35. The maximum Gasteiger partial charge on any atom is 0.0589 e. The Morgan fingerprint density at radius 2 is 1.94 bits per heavy atom. The smallest absolute Gasteiger partial charge is 0.0589 e. The summed E-state index contributed by atoms with van der Waals surface area (Å²) < 4.78 is 5.21. The minimum Gasteiger partial charge on any atom is -0.383 e. The van der Waals surface area contributed by atoms with Crippen molar-refractivity contribution in [3.8, 4) is 0 Å². The number of methoxy groups -OCH3 is 1. The molecule has 0 amide bonds. The maximum absolute atomic E-state index is 5.77. The van der Waals surface area contributed by atoms with Crippen LogP contribution in [0.15, 0.2) is 0 Å². The topological polar surface area (TPSA) is 38.5 Å². The molecule has 3 nitrogen and oxygen atoms in total. The fourth-order valence-corrected chi connectivity index (χ4v) is 2.39. The molecule has 2 unspecified atom stereocenters. The molecule has 1 aliphatic rings. The van der Waals surface area contributed by atoms with Gasteiger partial charge in [-0.2, -0.15) is 0 Å². The number of rotatable bonds is 10. The van der Waals surface area contributed by atoms with E-state index in [0.29, 0.717) is 6.04 Å². The minimum atomic E-state index is 0.350. The summed E-state index contributed by atoms with van der Waals surface area (Å²) in [7, 11) is 1.79. The molecule has 17 heavy (non-hydrogen) atoms. The molecular formula is C14H30N2O. The largest absolute Gasteiger partial charge is 0.383 e. The van der Waals surface area contributed by atoms with Gasteiger partial charge in [0, 0.05) is 25.7 Å². The highest BCUT2D eigenvalue weighted by atomic mass is 16.5. The maximum atomic E-state index is 5.77. The van der Waals surface area contributed by atoms with E-state index in [1.165, 1.54) is 32.2 Å². The van der Waals surface area contributed by atoms with Crippen LogP contribution in [0.5, 0.6) is 0 Å². The Bertz CT molecular complexity index is 193. The van der Waals surface area contributed by atoms with Crippen molar-refractivity contribution in [1.82, 2.24) is 4.90 Å². The highest BCUT2D eigenvalue weighted by Gasteiger charge is 2.31. The Hall–Kier alpha value is -0.120. The second-order valence-electron chi connectivity index (χ2n) is 5.58. The lowest BCUT2D eigenvalue weighted by atomic mass is 10.1. The van der Waals surface area contributed by atoms with E-state index in [1.54, 1.807) is 7.11 Å². The van der Waals surface area contributed by atoms with Crippen LogP contribution >= 0.6 is 0 Å². The van der Waals surface area contributed by atoms with Crippen LogP contribution in [0, 0.1) is 5.92 Å². The number of hydrogen-bond donors (Lipinski definition) is 1. The molecule has 0 aromatic carbocycles. The lowest BCUT2D eigenvalue weighted by Crippen LogP contribution is -2.38. The fourth-order valence-electron chi connectivity index (χ4n) is 2.39. The van der Waals surface area contributed by atoms with E-state index in [-0.39, 0.29) is 0 Å². The summed E-state index contributed by atoms with van der Waals surface area (Å²) in [6.45, 7) is 7.60. The molecule has 0 saturated heterocycles. The zero-order valence-corrected chi connectivity index (χ0v) is 11.8. The molecule has 0 aromatic rings. The summed E-state index contributed by atoms with van der Waals surface area (Å²) in [6, 6.07) is 1.09. The van der Waals surface area contributed by atoms with E-state index in [4.69, 9.17) is 10.5 Å². The quantitative estimate of drug-likeness (QED) is 0.597. The number of hydrogen-bond acceptors (Lipinski definition) is 3. The fraction of sp³-hybridized carbons (Fsp3) is 1.00. The third-order valence-electron chi connectivity index (χ3n) is 3.82. The van der Waals surface area contributed by atoms with Gasteiger partial charge in [-0.3, -0.25) is 4.90 Å². The van der Waals surface area contributed by atoms with Gasteiger partial charge in [-0.05, 0) is 52.0 Å². The van der Waals surface area contributed by atoms with E-state index >= 15 is 0 Å². The second-order valence-corrected chi connectivity index (χ2v) is 5.58. The first-order chi connectivity index (χ1) is 8.15. The van der Waals surface area contributed by atoms with Gasteiger partial charge in [-0.25, -0.2) is 0 Å². The molecule has 2 atom stereocenters. The van der Waals surface area contributed by atoms with E-state index < -0.39 is 0 Å². The van der Waals surface area contributed by atoms with Crippen LogP contribution in [-0.2, 0) is 4.74 Å².